The van der Waals surface area contributed by atoms with E-state index in [4.69, 9.17) is 9.47 Å². The molecule has 6 heteroatoms. The summed E-state index contributed by atoms with van der Waals surface area (Å²) in [6, 6.07) is 11.4. The van der Waals surface area contributed by atoms with Crippen molar-refractivity contribution in [3.05, 3.63) is 51.1 Å². The van der Waals surface area contributed by atoms with Crippen LogP contribution in [-0.2, 0) is 4.79 Å². The van der Waals surface area contributed by atoms with Gasteiger partial charge in [0.2, 0.25) is 5.91 Å². The van der Waals surface area contributed by atoms with Crippen LogP contribution in [0.25, 0.3) is 6.08 Å². The maximum Gasteiger partial charge on any atom is 0.244 e. The van der Waals surface area contributed by atoms with Crippen LogP contribution in [-0.4, -0.2) is 25.2 Å². The Labute approximate surface area is 140 Å². The average molecular weight is 380 g/mol. The molecule has 0 spiro atoms. The quantitative estimate of drug-likeness (QED) is 0.827. The van der Waals surface area contributed by atoms with Gasteiger partial charge in [0.05, 0.1) is 10.3 Å². The second-order valence-corrected chi connectivity index (χ2v) is 7.21. The van der Waals surface area contributed by atoms with Gasteiger partial charge in [-0.15, -0.1) is 11.3 Å². The summed E-state index contributed by atoms with van der Waals surface area (Å²) in [5.74, 6) is 1.31. The second kappa shape index (κ2) is 6.98. The predicted molar refractivity (Wildman–Crippen MR) is 90.4 cm³/mol. The number of halogens is 1. The molecule has 1 aromatic carbocycles. The van der Waals surface area contributed by atoms with Crippen molar-refractivity contribution in [3.8, 4) is 11.5 Å². The summed E-state index contributed by atoms with van der Waals surface area (Å²) < 4.78 is 12.4. The van der Waals surface area contributed by atoms with Crippen LogP contribution in [0.1, 0.15) is 4.88 Å². The number of ether oxygens (including phenoxy) is 2. The van der Waals surface area contributed by atoms with E-state index in [9.17, 15) is 4.79 Å². The monoisotopic (exact) mass is 379 g/mol. The minimum atomic E-state index is -0.178. The van der Waals surface area contributed by atoms with Crippen LogP contribution in [0.4, 0.5) is 0 Å². The number of rotatable bonds is 4. The highest BCUT2D eigenvalue weighted by atomic mass is 79.9. The maximum absolute atomic E-state index is 11.8. The van der Waals surface area contributed by atoms with Gasteiger partial charge in [-0.25, -0.2) is 0 Å². The van der Waals surface area contributed by atoms with Crippen molar-refractivity contribution in [3.63, 3.8) is 0 Å². The minimum Gasteiger partial charge on any atom is -0.486 e. The highest BCUT2D eigenvalue weighted by Gasteiger charge is 2.20. The molecule has 2 heterocycles. The molecule has 1 N–H and O–H groups in total. The Morgan fingerprint density at radius 3 is 2.91 bits per heavy atom. The number of hydrogen-bond donors (Lipinski definition) is 1. The summed E-state index contributed by atoms with van der Waals surface area (Å²) in [4.78, 5) is 12.8. The van der Waals surface area contributed by atoms with Gasteiger partial charge in [-0.2, -0.15) is 0 Å². The number of nitrogens with one attached hydrogen (secondary N) is 1. The number of amides is 1. The fourth-order valence-electron chi connectivity index (χ4n) is 2.01. The Kier molecular flexibility index (Phi) is 4.80. The van der Waals surface area contributed by atoms with E-state index in [2.05, 4.69) is 21.2 Å². The molecule has 1 aromatic heterocycles. The molecule has 2 aromatic rings. The summed E-state index contributed by atoms with van der Waals surface area (Å²) in [7, 11) is 0. The lowest BCUT2D eigenvalue weighted by Gasteiger charge is -2.26. The van der Waals surface area contributed by atoms with E-state index >= 15 is 0 Å². The van der Waals surface area contributed by atoms with Crippen LogP contribution in [0, 0.1) is 0 Å². The van der Waals surface area contributed by atoms with Crippen molar-refractivity contribution in [1.29, 1.82) is 0 Å². The molecule has 1 amide bonds. The average Bonchev–Trinajstić information content (AvgIpc) is 2.96. The Hall–Kier alpha value is -1.79. The molecule has 0 aliphatic carbocycles. The first kappa shape index (κ1) is 15.1. The number of hydrogen-bond acceptors (Lipinski definition) is 4. The first-order valence-corrected chi connectivity index (χ1v) is 8.41. The van der Waals surface area contributed by atoms with E-state index in [0.29, 0.717) is 18.9 Å². The molecule has 0 saturated carbocycles. The van der Waals surface area contributed by atoms with E-state index in [1.807, 2.05) is 36.4 Å². The second-order valence-electron chi connectivity index (χ2n) is 4.72. The third-order valence-electron chi connectivity index (χ3n) is 3.06. The topological polar surface area (TPSA) is 47.6 Å². The molecule has 1 aliphatic rings. The molecule has 3 rings (SSSR count). The molecule has 1 atom stereocenters. The zero-order chi connectivity index (χ0) is 15.4. The number of carbonyl (C=O) groups excluding carboxylic acids is 1. The lowest BCUT2D eigenvalue weighted by Crippen LogP contribution is -2.40. The van der Waals surface area contributed by atoms with Crippen molar-refractivity contribution < 1.29 is 14.3 Å². The van der Waals surface area contributed by atoms with Gasteiger partial charge in [0.25, 0.3) is 0 Å². The minimum absolute atomic E-state index is 0.146. The molecule has 0 radical (unpaired) electrons. The predicted octanol–water partition coefficient (Wildman–Crippen LogP) is 3.48. The van der Waals surface area contributed by atoms with Gasteiger partial charge in [0.1, 0.15) is 12.7 Å². The van der Waals surface area contributed by atoms with Gasteiger partial charge < -0.3 is 14.8 Å². The Morgan fingerprint density at radius 1 is 1.32 bits per heavy atom. The van der Waals surface area contributed by atoms with Crippen LogP contribution in [0.5, 0.6) is 11.5 Å². The van der Waals surface area contributed by atoms with Crippen LogP contribution in [0.2, 0.25) is 0 Å². The van der Waals surface area contributed by atoms with Crippen molar-refractivity contribution in [1.82, 2.24) is 5.32 Å². The van der Waals surface area contributed by atoms with Crippen LogP contribution in [0.15, 0.2) is 46.3 Å². The van der Waals surface area contributed by atoms with E-state index in [1.165, 1.54) is 6.08 Å². The fraction of sp³-hybridized carbons (Fsp3) is 0.188. The van der Waals surface area contributed by atoms with Crippen LogP contribution < -0.4 is 14.8 Å². The summed E-state index contributed by atoms with van der Waals surface area (Å²) in [5.41, 5.74) is 0. The Morgan fingerprint density at radius 2 is 2.14 bits per heavy atom. The highest BCUT2D eigenvalue weighted by Crippen LogP contribution is 2.30. The number of thiophene rings is 1. The van der Waals surface area contributed by atoms with Gasteiger partial charge >= 0.3 is 0 Å². The highest BCUT2D eigenvalue weighted by molar-refractivity contribution is 9.11. The molecule has 0 bridgehead atoms. The molecular weight excluding hydrogens is 366 g/mol. The maximum atomic E-state index is 11.8. The molecule has 1 unspecified atom stereocenters. The zero-order valence-electron chi connectivity index (χ0n) is 11.6. The van der Waals surface area contributed by atoms with Crippen molar-refractivity contribution in [2.45, 2.75) is 6.10 Å². The van der Waals surface area contributed by atoms with Crippen molar-refractivity contribution >= 4 is 39.2 Å². The van der Waals surface area contributed by atoms with Crippen LogP contribution >= 0.6 is 27.3 Å². The normalized spacial score (nSPS) is 16.7. The van der Waals surface area contributed by atoms with E-state index in [1.54, 1.807) is 17.4 Å². The van der Waals surface area contributed by atoms with Gasteiger partial charge in [-0.1, -0.05) is 12.1 Å². The molecule has 114 valence electrons. The first-order chi connectivity index (χ1) is 10.7. The smallest absolute Gasteiger partial charge is 0.244 e. The van der Waals surface area contributed by atoms with E-state index < -0.39 is 0 Å². The lowest BCUT2D eigenvalue weighted by atomic mass is 10.2. The van der Waals surface area contributed by atoms with Gasteiger partial charge in [-0.05, 0) is 46.3 Å². The number of fused-ring (bicyclic) bond motifs is 1. The molecule has 0 fully saturated rings. The fourth-order valence-corrected chi connectivity index (χ4v) is 3.34. The summed E-state index contributed by atoms with van der Waals surface area (Å²) in [6.07, 6.45) is 3.14. The molecule has 0 saturated heterocycles. The third kappa shape index (κ3) is 3.90. The summed E-state index contributed by atoms with van der Waals surface area (Å²) in [6.45, 7) is 0.838. The summed E-state index contributed by atoms with van der Waals surface area (Å²) in [5, 5.41) is 2.82. The SMILES string of the molecule is O=C(C=Cc1ccc(Br)s1)NCC1COc2ccccc2O1. The van der Waals surface area contributed by atoms with Crippen molar-refractivity contribution in [2.24, 2.45) is 0 Å². The largest absolute Gasteiger partial charge is 0.486 e. The molecule has 4 nitrogen and oxygen atoms in total. The molecule has 22 heavy (non-hydrogen) atoms. The third-order valence-corrected chi connectivity index (χ3v) is 4.65. The number of benzene rings is 1. The van der Waals surface area contributed by atoms with Crippen molar-refractivity contribution in [2.75, 3.05) is 13.2 Å². The van der Waals surface area contributed by atoms with Gasteiger partial charge in [-0.3, -0.25) is 4.79 Å². The first-order valence-electron chi connectivity index (χ1n) is 6.80. The number of carbonyl (C=O) groups is 1. The standard InChI is InChI=1S/C16H14BrNO3S/c17-15-7-5-12(22-15)6-8-16(19)18-9-11-10-20-13-3-1-2-4-14(13)21-11/h1-8,11H,9-10H2,(H,18,19). The van der Waals surface area contributed by atoms with Crippen LogP contribution in [0.3, 0.4) is 0 Å². The van der Waals surface area contributed by atoms with E-state index in [-0.39, 0.29) is 12.0 Å². The summed E-state index contributed by atoms with van der Waals surface area (Å²) >= 11 is 4.96. The Balaban J connectivity index is 1.49. The molecule has 1 aliphatic heterocycles. The lowest BCUT2D eigenvalue weighted by molar-refractivity contribution is -0.116. The zero-order valence-corrected chi connectivity index (χ0v) is 14.0. The number of para-hydroxylation sites is 2. The van der Waals surface area contributed by atoms with Gasteiger partial charge in [0.15, 0.2) is 11.5 Å². The van der Waals surface area contributed by atoms with E-state index in [0.717, 1.165) is 14.4 Å². The Bertz CT molecular complexity index is 698. The molecular formula is C16H14BrNO3S. The van der Waals surface area contributed by atoms with Gasteiger partial charge in [0, 0.05) is 11.0 Å².